The molecule has 1 amide bonds. The minimum Gasteiger partial charge on any atom is -0.398 e. The Morgan fingerprint density at radius 1 is 1.23 bits per heavy atom. The third-order valence-corrected chi connectivity index (χ3v) is 5.22. The number of hydrogen-bond acceptors (Lipinski definition) is 4. The number of aromatic amines is 1. The summed E-state index contributed by atoms with van der Waals surface area (Å²) in [6.45, 7) is 0.607. The maximum Gasteiger partial charge on any atom is 0.261 e. The van der Waals surface area contributed by atoms with Crippen LogP contribution in [-0.2, 0) is 6.54 Å². The van der Waals surface area contributed by atoms with Crippen LogP contribution in [-0.4, -0.2) is 27.7 Å². The Balaban J connectivity index is 1.56. The van der Waals surface area contributed by atoms with E-state index in [1.807, 2.05) is 11.0 Å². The zero-order chi connectivity index (χ0) is 18.3. The van der Waals surface area contributed by atoms with Crippen molar-refractivity contribution in [1.82, 2.24) is 9.88 Å². The average molecular weight is 351 g/mol. The van der Waals surface area contributed by atoms with E-state index in [2.05, 4.69) is 10.3 Å². The van der Waals surface area contributed by atoms with Gasteiger partial charge in [-0.25, -0.2) is 0 Å². The van der Waals surface area contributed by atoms with Gasteiger partial charge in [-0.15, -0.1) is 0 Å². The van der Waals surface area contributed by atoms with Gasteiger partial charge in [-0.1, -0.05) is 12.8 Å². The van der Waals surface area contributed by atoms with E-state index in [-0.39, 0.29) is 23.0 Å². The minimum absolute atomic E-state index is 0.0683. The van der Waals surface area contributed by atoms with Gasteiger partial charge in [0.2, 0.25) is 0 Å². The molecule has 0 saturated heterocycles. The molecule has 5 N–H and O–H groups in total. The van der Waals surface area contributed by atoms with Crippen LogP contribution in [0.15, 0.2) is 35.3 Å². The van der Waals surface area contributed by atoms with Crippen molar-refractivity contribution in [2.24, 2.45) is 0 Å². The van der Waals surface area contributed by atoms with E-state index in [0.717, 1.165) is 24.0 Å². The Labute approximate surface area is 150 Å². The summed E-state index contributed by atoms with van der Waals surface area (Å²) < 4.78 is 0. The van der Waals surface area contributed by atoms with Crippen molar-refractivity contribution in [2.75, 3.05) is 11.1 Å². The predicted octanol–water partition coefficient (Wildman–Crippen LogP) is 2.29. The first-order valence-electron chi connectivity index (χ1n) is 8.81. The third kappa shape index (κ3) is 2.75. The number of benzene rings is 1. The van der Waals surface area contributed by atoms with Gasteiger partial charge in [0.05, 0.1) is 0 Å². The molecule has 0 radical (unpaired) electrons. The van der Waals surface area contributed by atoms with Crippen LogP contribution in [0.2, 0.25) is 0 Å². The van der Waals surface area contributed by atoms with Crippen molar-refractivity contribution in [3.05, 3.63) is 57.5 Å². The molecule has 2 aliphatic rings. The lowest BCUT2D eigenvalue weighted by Crippen LogP contribution is -2.33. The van der Waals surface area contributed by atoms with E-state index in [0.29, 0.717) is 18.3 Å². The van der Waals surface area contributed by atoms with Crippen LogP contribution in [0.4, 0.5) is 11.4 Å². The van der Waals surface area contributed by atoms with Crippen LogP contribution in [0.25, 0.3) is 0 Å². The zero-order valence-electron chi connectivity index (χ0n) is 14.3. The number of amides is 1. The molecule has 7 heteroatoms. The predicted molar refractivity (Wildman–Crippen MR) is 100 cm³/mol. The van der Waals surface area contributed by atoms with Gasteiger partial charge >= 0.3 is 0 Å². The maximum absolute atomic E-state index is 12.6. The highest BCUT2D eigenvalue weighted by Gasteiger charge is 2.34. The summed E-state index contributed by atoms with van der Waals surface area (Å²) in [6.07, 6.45) is 5.97. The number of carbonyl (C=O) groups is 1. The summed E-state index contributed by atoms with van der Waals surface area (Å²) >= 11 is 0. The molecule has 2 heterocycles. The van der Waals surface area contributed by atoms with Crippen LogP contribution in [0.3, 0.4) is 0 Å². The summed E-state index contributed by atoms with van der Waals surface area (Å²) in [7, 11) is 0. The first-order valence-corrected chi connectivity index (χ1v) is 8.81. The number of nitrogens with zero attached hydrogens (tertiary/aromatic N) is 1. The normalized spacial score (nSPS) is 16.8. The number of nitrogen functional groups attached to an aromatic ring is 1. The lowest BCUT2D eigenvalue weighted by atomic mass is 10.1. The molecule has 26 heavy (non-hydrogen) atoms. The molecule has 2 aromatic rings. The number of aromatic nitrogens is 1. The molecule has 1 aromatic heterocycles. The van der Waals surface area contributed by atoms with Crippen LogP contribution < -0.4 is 16.6 Å². The number of anilines is 2. The van der Waals surface area contributed by atoms with Crippen LogP contribution in [0.5, 0.6) is 0 Å². The molecule has 4 rings (SSSR count). The number of nitrogens with two attached hydrogens (primary N) is 1. The number of hydrogen-bond donors (Lipinski definition) is 4. The van der Waals surface area contributed by atoms with Crippen LogP contribution in [0, 0.1) is 5.41 Å². The molecule has 7 nitrogen and oxygen atoms in total. The number of fused-ring (bicyclic) bond motifs is 1. The molecule has 1 saturated carbocycles. The summed E-state index contributed by atoms with van der Waals surface area (Å²) in [5.41, 5.74) is 8.11. The lowest BCUT2D eigenvalue weighted by Gasteiger charge is -2.23. The summed E-state index contributed by atoms with van der Waals surface area (Å²) in [5.74, 6) is 0.0264. The van der Waals surface area contributed by atoms with Gasteiger partial charge in [-0.2, -0.15) is 0 Å². The number of amidine groups is 1. The second-order valence-electron chi connectivity index (χ2n) is 6.88. The Kier molecular flexibility index (Phi) is 3.99. The molecule has 0 atom stereocenters. The maximum atomic E-state index is 12.6. The van der Waals surface area contributed by atoms with Crippen molar-refractivity contribution in [3.8, 4) is 0 Å². The fourth-order valence-corrected chi connectivity index (χ4v) is 3.89. The van der Waals surface area contributed by atoms with Crippen molar-refractivity contribution >= 4 is 23.1 Å². The lowest BCUT2D eigenvalue weighted by molar-refractivity contribution is 0.0707. The Bertz CT molecular complexity index is 943. The van der Waals surface area contributed by atoms with E-state index < -0.39 is 5.56 Å². The van der Waals surface area contributed by atoms with E-state index >= 15 is 0 Å². The molecule has 1 fully saturated rings. The molecular formula is C19H21N5O2. The van der Waals surface area contributed by atoms with Gasteiger partial charge in [0.15, 0.2) is 0 Å². The van der Waals surface area contributed by atoms with E-state index in [9.17, 15) is 9.59 Å². The number of carbonyl (C=O) groups excluding carboxylic acids is 1. The van der Waals surface area contributed by atoms with Crippen LogP contribution >= 0.6 is 0 Å². The summed E-state index contributed by atoms with van der Waals surface area (Å²) in [4.78, 5) is 29.0. The molecule has 134 valence electrons. The highest BCUT2D eigenvalue weighted by Crippen LogP contribution is 2.32. The number of H-pyrrole nitrogens is 1. The first kappa shape index (κ1) is 16.4. The topological polar surface area (TPSA) is 115 Å². The van der Waals surface area contributed by atoms with Crippen molar-refractivity contribution < 1.29 is 4.79 Å². The standard InChI is InChI=1S/C19H21N5O2/c20-15-7-8-22-18(25)16(15)17(21)23-12-5-6-14-11(9-12)10-24(19(14)26)13-3-1-2-4-13/h5-9,13H,1-4,10H2,(H2,21,23)(H3,20,22,25). The molecule has 0 spiro atoms. The highest BCUT2D eigenvalue weighted by molar-refractivity contribution is 6.09. The van der Waals surface area contributed by atoms with Crippen LogP contribution in [0.1, 0.15) is 47.2 Å². The molecule has 1 aromatic carbocycles. The largest absolute Gasteiger partial charge is 0.398 e. The van der Waals surface area contributed by atoms with Gasteiger partial charge < -0.3 is 20.9 Å². The van der Waals surface area contributed by atoms with E-state index in [1.54, 1.807) is 18.2 Å². The SMILES string of the molecule is N=C(Nc1ccc2c(c1)CN(C1CCCC1)C2=O)c1c(N)cc[nH]c1=O. The molecule has 1 aliphatic heterocycles. The third-order valence-electron chi connectivity index (χ3n) is 5.22. The fourth-order valence-electron chi connectivity index (χ4n) is 3.89. The molecule has 1 aliphatic carbocycles. The van der Waals surface area contributed by atoms with Gasteiger partial charge in [0.1, 0.15) is 11.4 Å². The summed E-state index contributed by atoms with van der Waals surface area (Å²) in [6, 6.07) is 7.32. The quantitative estimate of drug-likeness (QED) is 0.501. The number of nitrogens with one attached hydrogen (secondary N) is 3. The molecule has 0 bridgehead atoms. The Hall–Kier alpha value is -3.09. The van der Waals surface area contributed by atoms with E-state index in [1.165, 1.54) is 19.0 Å². The first-order chi connectivity index (χ1) is 12.5. The minimum atomic E-state index is -0.411. The highest BCUT2D eigenvalue weighted by atomic mass is 16.2. The van der Waals surface area contributed by atoms with Crippen molar-refractivity contribution in [3.63, 3.8) is 0 Å². The average Bonchev–Trinajstić information content (AvgIpc) is 3.23. The van der Waals surface area contributed by atoms with E-state index in [4.69, 9.17) is 11.1 Å². The monoisotopic (exact) mass is 351 g/mol. The smallest absolute Gasteiger partial charge is 0.261 e. The van der Waals surface area contributed by atoms with Gasteiger partial charge in [-0.3, -0.25) is 15.0 Å². The zero-order valence-corrected chi connectivity index (χ0v) is 14.3. The fraction of sp³-hybridized carbons (Fsp3) is 0.316. The number of rotatable bonds is 3. The van der Waals surface area contributed by atoms with Crippen molar-refractivity contribution in [1.29, 1.82) is 5.41 Å². The second-order valence-corrected chi connectivity index (χ2v) is 6.88. The van der Waals surface area contributed by atoms with Crippen molar-refractivity contribution in [2.45, 2.75) is 38.3 Å². The molecule has 0 unspecified atom stereocenters. The summed E-state index contributed by atoms with van der Waals surface area (Å²) in [5, 5.41) is 11.1. The Morgan fingerprint density at radius 2 is 2.00 bits per heavy atom. The molecular weight excluding hydrogens is 330 g/mol. The van der Waals surface area contributed by atoms with Gasteiger partial charge in [0.25, 0.3) is 11.5 Å². The Morgan fingerprint density at radius 3 is 2.73 bits per heavy atom. The van der Waals surface area contributed by atoms with Gasteiger partial charge in [-0.05, 0) is 42.7 Å². The second kappa shape index (κ2) is 6.33. The van der Waals surface area contributed by atoms with Gasteiger partial charge in [0, 0.05) is 35.7 Å². The number of pyridine rings is 1.